The molecule has 0 amide bonds. The molecule has 0 aromatic carbocycles. The van der Waals surface area contributed by atoms with Crippen molar-refractivity contribution in [1.29, 1.82) is 0 Å². The van der Waals surface area contributed by atoms with Gasteiger partial charge in [0.25, 0.3) is 0 Å². The Morgan fingerprint density at radius 3 is 1.57 bits per heavy atom. The van der Waals surface area contributed by atoms with Gasteiger partial charge in [-0.15, -0.1) is 0 Å². The summed E-state index contributed by atoms with van der Waals surface area (Å²) < 4.78 is 0. The van der Waals surface area contributed by atoms with E-state index in [-0.39, 0.29) is 5.48 Å². The van der Waals surface area contributed by atoms with Crippen molar-refractivity contribution < 1.29 is 5.48 Å². The van der Waals surface area contributed by atoms with Gasteiger partial charge in [-0.2, -0.15) is 11.8 Å². The van der Waals surface area contributed by atoms with Crippen LogP contribution in [0.1, 0.15) is 19.3 Å². The zero-order valence-electron chi connectivity index (χ0n) is 4.35. The van der Waals surface area contributed by atoms with Crippen LogP contribution in [0, 0.1) is 0 Å². The molecule has 0 spiro atoms. The van der Waals surface area contributed by atoms with Crippen LogP contribution in [-0.2, 0) is 5.48 Å². The summed E-state index contributed by atoms with van der Waals surface area (Å²) in [5, 5.41) is 0. The van der Waals surface area contributed by atoms with Gasteiger partial charge < -0.3 is 0 Å². The topological polar surface area (TPSA) is 28.5 Å². The van der Waals surface area contributed by atoms with Crippen LogP contribution in [0.3, 0.4) is 0 Å². The van der Waals surface area contributed by atoms with Crippen LogP contribution in [0.4, 0.5) is 0 Å². The van der Waals surface area contributed by atoms with Gasteiger partial charge in [-0.1, -0.05) is 6.42 Å². The predicted molar refractivity (Wildman–Crippen MR) is 31.9 cm³/mol. The van der Waals surface area contributed by atoms with E-state index in [9.17, 15) is 0 Å². The first kappa shape index (κ1) is 7.31. The fraction of sp³-hybridized carbons (Fsp3) is 1.00. The second-order valence-electron chi connectivity index (χ2n) is 1.67. The number of hydrogen-bond acceptors (Lipinski definition) is 1. The van der Waals surface area contributed by atoms with Gasteiger partial charge in [-0.05, 0) is 24.3 Å². The van der Waals surface area contributed by atoms with Crippen LogP contribution in [-0.4, -0.2) is 11.5 Å². The van der Waals surface area contributed by atoms with Gasteiger partial charge in [0.05, 0.1) is 0 Å². The quantitative estimate of drug-likeness (QED) is 0.476. The minimum Gasteiger partial charge on any atom is -0.162 e. The first-order valence-corrected chi connectivity index (χ1v) is 3.73. The molecule has 0 aromatic heterocycles. The van der Waals surface area contributed by atoms with E-state index in [0.29, 0.717) is 0 Å². The standard InChI is InChI=1S/C5H10S.O/c1-2-4-6-5-3-1;/h1-5H2;. The highest BCUT2D eigenvalue weighted by atomic mass is 32.2. The zero-order valence-corrected chi connectivity index (χ0v) is 5.17. The highest BCUT2D eigenvalue weighted by molar-refractivity contribution is 7.99. The lowest BCUT2D eigenvalue weighted by atomic mass is 10.3. The maximum atomic E-state index is 2.09. The van der Waals surface area contributed by atoms with E-state index >= 15 is 0 Å². The molecular formula is C5H10OS. The first-order chi connectivity index (χ1) is 3.00. The lowest BCUT2D eigenvalue weighted by Crippen LogP contribution is -1.91. The second kappa shape index (κ2) is 4.47. The summed E-state index contributed by atoms with van der Waals surface area (Å²) in [6, 6.07) is 0. The maximum Gasteiger partial charge on any atom is 0 e. The van der Waals surface area contributed by atoms with E-state index in [1.54, 1.807) is 0 Å². The third-order valence-corrected chi connectivity index (χ3v) is 2.23. The van der Waals surface area contributed by atoms with Crippen LogP contribution in [0.15, 0.2) is 0 Å². The van der Waals surface area contributed by atoms with Crippen molar-refractivity contribution in [2.45, 2.75) is 19.3 Å². The molecule has 0 bridgehead atoms. The molecule has 1 aliphatic heterocycles. The van der Waals surface area contributed by atoms with E-state index in [1.165, 1.54) is 30.8 Å². The van der Waals surface area contributed by atoms with Crippen LogP contribution in [0.2, 0.25) is 0 Å². The van der Waals surface area contributed by atoms with E-state index in [2.05, 4.69) is 11.8 Å². The summed E-state index contributed by atoms with van der Waals surface area (Å²) in [6.07, 6.45) is 4.41. The Bertz CT molecular complexity index is 23.6. The lowest BCUT2D eigenvalue weighted by molar-refractivity contribution is 0.686. The Hall–Kier alpha value is 0.310. The molecule has 2 radical (unpaired) electrons. The monoisotopic (exact) mass is 118 g/mol. The van der Waals surface area contributed by atoms with Gasteiger partial charge in [-0.3, -0.25) is 0 Å². The number of hydrogen-bond donors (Lipinski definition) is 0. The average Bonchev–Trinajstić information content (AvgIpc) is 1.72. The van der Waals surface area contributed by atoms with E-state index in [4.69, 9.17) is 0 Å². The minimum atomic E-state index is 0. The Kier molecular flexibility index (Phi) is 4.67. The van der Waals surface area contributed by atoms with Crippen molar-refractivity contribution in [2.24, 2.45) is 0 Å². The molecule has 0 N–H and O–H groups in total. The van der Waals surface area contributed by atoms with Crippen molar-refractivity contribution in [3.05, 3.63) is 0 Å². The van der Waals surface area contributed by atoms with Crippen LogP contribution in [0.25, 0.3) is 0 Å². The third-order valence-electron chi connectivity index (χ3n) is 1.08. The maximum absolute atomic E-state index is 2.09. The average molecular weight is 118 g/mol. The zero-order chi connectivity index (χ0) is 4.24. The van der Waals surface area contributed by atoms with Crippen molar-refractivity contribution in [3.63, 3.8) is 0 Å². The Labute approximate surface area is 48.8 Å². The molecule has 1 rings (SSSR count). The van der Waals surface area contributed by atoms with Gasteiger partial charge in [0.15, 0.2) is 0 Å². The van der Waals surface area contributed by atoms with Gasteiger partial charge >= 0.3 is 0 Å². The van der Waals surface area contributed by atoms with Crippen molar-refractivity contribution in [1.82, 2.24) is 0 Å². The largest absolute Gasteiger partial charge is 0.162 e. The smallest absolute Gasteiger partial charge is 0 e. The van der Waals surface area contributed by atoms with E-state index in [0.717, 1.165) is 0 Å². The van der Waals surface area contributed by atoms with Gasteiger partial charge in [-0.25, -0.2) is 0 Å². The highest BCUT2D eigenvalue weighted by Crippen LogP contribution is 2.14. The fourth-order valence-electron chi connectivity index (χ4n) is 0.687. The number of rotatable bonds is 0. The van der Waals surface area contributed by atoms with Gasteiger partial charge in [0, 0.05) is 5.48 Å². The Morgan fingerprint density at radius 1 is 0.857 bits per heavy atom. The fourth-order valence-corrected chi connectivity index (χ4v) is 1.71. The van der Waals surface area contributed by atoms with Gasteiger partial charge in [0.2, 0.25) is 0 Å². The summed E-state index contributed by atoms with van der Waals surface area (Å²) in [5.41, 5.74) is 0. The molecule has 0 aliphatic carbocycles. The summed E-state index contributed by atoms with van der Waals surface area (Å²) in [6.45, 7) is 0. The predicted octanol–water partition coefficient (Wildman–Crippen LogP) is 1.78. The Balaban J connectivity index is 0.000000360. The summed E-state index contributed by atoms with van der Waals surface area (Å²) in [7, 11) is 0. The highest BCUT2D eigenvalue weighted by Gasteiger charge is 1.95. The van der Waals surface area contributed by atoms with E-state index < -0.39 is 0 Å². The summed E-state index contributed by atoms with van der Waals surface area (Å²) >= 11 is 2.09. The summed E-state index contributed by atoms with van der Waals surface area (Å²) in [4.78, 5) is 0. The summed E-state index contributed by atoms with van der Waals surface area (Å²) in [5.74, 6) is 2.83. The first-order valence-electron chi connectivity index (χ1n) is 2.58. The molecule has 1 saturated heterocycles. The van der Waals surface area contributed by atoms with Crippen LogP contribution >= 0.6 is 11.8 Å². The minimum absolute atomic E-state index is 0. The molecule has 0 unspecified atom stereocenters. The van der Waals surface area contributed by atoms with Crippen molar-refractivity contribution in [2.75, 3.05) is 11.5 Å². The second-order valence-corrected chi connectivity index (χ2v) is 2.90. The molecule has 0 aromatic rings. The number of thioether (sulfide) groups is 1. The SMILES string of the molecule is C1CCSCC1.[O]. The van der Waals surface area contributed by atoms with Crippen molar-refractivity contribution in [3.8, 4) is 0 Å². The molecular weight excluding hydrogens is 108 g/mol. The molecule has 2 heteroatoms. The normalized spacial score (nSPS) is 20.6. The molecule has 1 nitrogen and oxygen atoms in total. The molecule has 1 heterocycles. The van der Waals surface area contributed by atoms with Crippen molar-refractivity contribution >= 4 is 11.8 Å². The molecule has 7 heavy (non-hydrogen) atoms. The molecule has 42 valence electrons. The lowest BCUT2D eigenvalue weighted by Gasteiger charge is -2.05. The van der Waals surface area contributed by atoms with Crippen LogP contribution in [0.5, 0.6) is 0 Å². The van der Waals surface area contributed by atoms with Gasteiger partial charge in [0.1, 0.15) is 0 Å². The van der Waals surface area contributed by atoms with E-state index in [1.807, 2.05) is 0 Å². The molecule has 0 saturated carbocycles. The third kappa shape index (κ3) is 2.94. The Morgan fingerprint density at radius 2 is 1.43 bits per heavy atom. The molecule has 0 atom stereocenters. The van der Waals surface area contributed by atoms with Crippen LogP contribution < -0.4 is 0 Å². The molecule has 1 aliphatic rings. The molecule has 1 fully saturated rings.